The molecule has 0 amide bonds. The van der Waals surface area contributed by atoms with Crippen molar-refractivity contribution < 1.29 is 4.74 Å². The topological polar surface area (TPSA) is 21.3 Å². The first-order chi connectivity index (χ1) is 7.74. The van der Waals surface area contributed by atoms with Gasteiger partial charge >= 0.3 is 0 Å². The summed E-state index contributed by atoms with van der Waals surface area (Å²) in [4.78, 5) is 1.40. The third kappa shape index (κ3) is 3.55. The fourth-order valence-electron chi connectivity index (χ4n) is 1.91. The first-order valence-corrected chi connectivity index (χ1v) is 7.34. The van der Waals surface area contributed by atoms with Gasteiger partial charge in [-0.05, 0) is 46.7 Å². The quantitative estimate of drug-likeness (QED) is 0.833. The van der Waals surface area contributed by atoms with Crippen LogP contribution < -0.4 is 5.32 Å². The van der Waals surface area contributed by atoms with Crippen molar-refractivity contribution in [3.63, 3.8) is 0 Å². The van der Waals surface area contributed by atoms with E-state index in [9.17, 15) is 0 Å². The number of hydrogen-bond donors (Lipinski definition) is 1. The van der Waals surface area contributed by atoms with Gasteiger partial charge in [0.2, 0.25) is 0 Å². The molecule has 0 aliphatic heterocycles. The van der Waals surface area contributed by atoms with Crippen LogP contribution >= 0.6 is 27.3 Å². The van der Waals surface area contributed by atoms with Gasteiger partial charge in [0.1, 0.15) is 0 Å². The minimum Gasteiger partial charge on any atom is -0.385 e. The highest BCUT2D eigenvalue weighted by molar-refractivity contribution is 9.10. The van der Waals surface area contributed by atoms with Gasteiger partial charge in [0.05, 0.1) is 0 Å². The van der Waals surface area contributed by atoms with Crippen molar-refractivity contribution >= 4 is 27.3 Å². The second-order valence-corrected chi connectivity index (χ2v) is 6.49. The summed E-state index contributed by atoms with van der Waals surface area (Å²) >= 11 is 5.28. The minimum atomic E-state index is 0.546. The van der Waals surface area contributed by atoms with E-state index in [1.54, 1.807) is 18.4 Å². The number of thiophene rings is 1. The fraction of sp³-hybridized carbons (Fsp3) is 0.667. The lowest BCUT2D eigenvalue weighted by Gasteiger charge is -2.14. The van der Waals surface area contributed by atoms with Crippen molar-refractivity contribution in [1.82, 2.24) is 5.32 Å². The second-order valence-electron chi connectivity index (χ2n) is 4.58. The number of halogens is 1. The molecule has 90 valence electrons. The van der Waals surface area contributed by atoms with Crippen molar-refractivity contribution in [3.05, 3.63) is 20.8 Å². The zero-order valence-electron chi connectivity index (χ0n) is 9.59. The third-order valence-corrected chi connectivity index (χ3v) is 4.91. The Hall–Kier alpha value is 0.1000. The summed E-state index contributed by atoms with van der Waals surface area (Å²) < 4.78 is 6.34. The SMILES string of the molecule is COCCC1(CNCc2cc(Br)cs2)CC1. The number of hydrogen-bond acceptors (Lipinski definition) is 3. The summed E-state index contributed by atoms with van der Waals surface area (Å²) in [5, 5.41) is 5.69. The number of nitrogens with one attached hydrogen (secondary N) is 1. The van der Waals surface area contributed by atoms with Crippen LogP contribution in [0.2, 0.25) is 0 Å². The van der Waals surface area contributed by atoms with Crippen LogP contribution in [0, 0.1) is 5.41 Å². The van der Waals surface area contributed by atoms with Gasteiger partial charge in [0.25, 0.3) is 0 Å². The number of methoxy groups -OCH3 is 1. The van der Waals surface area contributed by atoms with E-state index in [2.05, 4.69) is 32.7 Å². The van der Waals surface area contributed by atoms with Crippen LogP contribution in [0.4, 0.5) is 0 Å². The highest BCUT2D eigenvalue weighted by Crippen LogP contribution is 2.48. The molecule has 2 rings (SSSR count). The van der Waals surface area contributed by atoms with Gasteiger partial charge in [-0.3, -0.25) is 0 Å². The normalized spacial score (nSPS) is 17.6. The van der Waals surface area contributed by atoms with Gasteiger partial charge in [0.15, 0.2) is 0 Å². The summed E-state index contributed by atoms with van der Waals surface area (Å²) in [6, 6.07) is 2.19. The molecular formula is C12H18BrNOS. The lowest BCUT2D eigenvalue weighted by molar-refractivity contribution is 0.171. The molecule has 1 aliphatic carbocycles. The van der Waals surface area contributed by atoms with Crippen LogP contribution in [0.5, 0.6) is 0 Å². The Morgan fingerprint density at radius 3 is 2.94 bits per heavy atom. The molecule has 0 bridgehead atoms. The number of rotatable bonds is 7. The molecule has 1 N–H and O–H groups in total. The first-order valence-electron chi connectivity index (χ1n) is 5.67. The van der Waals surface area contributed by atoms with Gasteiger partial charge in [-0.15, -0.1) is 11.3 Å². The Morgan fingerprint density at radius 1 is 1.56 bits per heavy atom. The van der Waals surface area contributed by atoms with Gasteiger partial charge < -0.3 is 10.1 Å². The van der Waals surface area contributed by atoms with E-state index in [0.29, 0.717) is 5.41 Å². The van der Waals surface area contributed by atoms with Gasteiger partial charge in [0, 0.05) is 41.5 Å². The Morgan fingerprint density at radius 2 is 2.38 bits per heavy atom. The van der Waals surface area contributed by atoms with Crippen molar-refractivity contribution in [2.45, 2.75) is 25.8 Å². The van der Waals surface area contributed by atoms with Crippen LogP contribution in [-0.4, -0.2) is 20.3 Å². The summed E-state index contributed by atoms with van der Waals surface area (Å²) in [5.74, 6) is 0. The Kier molecular flexibility index (Phi) is 4.41. The maximum atomic E-state index is 5.15. The molecular weight excluding hydrogens is 286 g/mol. The maximum absolute atomic E-state index is 5.15. The molecule has 4 heteroatoms. The smallest absolute Gasteiger partial charge is 0.0468 e. The van der Waals surface area contributed by atoms with Crippen molar-refractivity contribution in [3.8, 4) is 0 Å². The van der Waals surface area contributed by atoms with Crippen molar-refractivity contribution in [2.24, 2.45) is 5.41 Å². The van der Waals surface area contributed by atoms with Gasteiger partial charge in [-0.25, -0.2) is 0 Å². The molecule has 1 saturated carbocycles. The molecule has 1 aromatic heterocycles. The fourth-order valence-corrected chi connectivity index (χ4v) is 3.33. The van der Waals surface area contributed by atoms with Crippen LogP contribution in [-0.2, 0) is 11.3 Å². The Balaban J connectivity index is 1.68. The molecule has 0 spiro atoms. The van der Waals surface area contributed by atoms with E-state index >= 15 is 0 Å². The van der Waals surface area contributed by atoms with Crippen LogP contribution in [0.25, 0.3) is 0 Å². The van der Waals surface area contributed by atoms with Crippen molar-refractivity contribution in [1.29, 1.82) is 0 Å². The molecule has 1 heterocycles. The molecule has 1 fully saturated rings. The molecule has 1 aromatic rings. The van der Waals surface area contributed by atoms with Gasteiger partial charge in [-0.1, -0.05) is 0 Å². The van der Waals surface area contributed by atoms with E-state index < -0.39 is 0 Å². The predicted molar refractivity (Wildman–Crippen MR) is 71.9 cm³/mol. The Bertz CT molecular complexity index is 336. The number of ether oxygens (including phenoxy) is 1. The standard InChI is InChI=1S/C12H18BrNOS/c1-15-5-4-12(2-3-12)9-14-7-11-6-10(13)8-16-11/h6,8,14H,2-5,7,9H2,1H3. The largest absolute Gasteiger partial charge is 0.385 e. The average Bonchev–Trinajstić information content (AvgIpc) is 2.92. The monoisotopic (exact) mass is 303 g/mol. The van der Waals surface area contributed by atoms with Crippen LogP contribution in [0.3, 0.4) is 0 Å². The molecule has 1 aliphatic rings. The summed E-state index contributed by atoms with van der Waals surface area (Å²) in [5.41, 5.74) is 0.546. The lowest BCUT2D eigenvalue weighted by atomic mass is 10.0. The average molecular weight is 304 g/mol. The molecule has 0 saturated heterocycles. The van der Waals surface area contributed by atoms with Crippen LogP contribution in [0.1, 0.15) is 24.1 Å². The van der Waals surface area contributed by atoms with E-state index in [1.165, 1.54) is 28.6 Å². The highest BCUT2D eigenvalue weighted by atomic mass is 79.9. The van der Waals surface area contributed by atoms with E-state index in [-0.39, 0.29) is 0 Å². The first kappa shape index (κ1) is 12.6. The molecule has 16 heavy (non-hydrogen) atoms. The zero-order chi connectivity index (χ0) is 11.4. The summed E-state index contributed by atoms with van der Waals surface area (Å²) in [6.45, 7) is 3.02. The van der Waals surface area contributed by atoms with Crippen molar-refractivity contribution in [2.75, 3.05) is 20.3 Å². The Labute approximate surface area is 110 Å². The zero-order valence-corrected chi connectivity index (χ0v) is 12.0. The molecule has 0 aromatic carbocycles. The maximum Gasteiger partial charge on any atom is 0.0468 e. The highest BCUT2D eigenvalue weighted by Gasteiger charge is 2.41. The third-order valence-electron chi connectivity index (χ3n) is 3.21. The van der Waals surface area contributed by atoms with E-state index in [0.717, 1.165) is 19.7 Å². The predicted octanol–water partition coefficient (Wildman–Crippen LogP) is 3.42. The van der Waals surface area contributed by atoms with Gasteiger partial charge in [-0.2, -0.15) is 0 Å². The minimum absolute atomic E-state index is 0.546. The lowest BCUT2D eigenvalue weighted by Crippen LogP contribution is -2.24. The molecule has 0 unspecified atom stereocenters. The van der Waals surface area contributed by atoms with E-state index in [4.69, 9.17) is 4.74 Å². The van der Waals surface area contributed by atoms with Crippen LogP contribution in [0.15, 0.2) is 15.9 Å². The molecule has 0 atom stereocenters. The second kappa shape index (κ2) is 5.63. The summed E-state index contributed by atoms with van der Waals surface area (Å²) in [7, 11) is 1.78. The molecule has 0 radical (unpaired) electrons. The van der Waals surface area contributed by atoms with E-state index in [1.807, 2.05) is 0 Å². The summed E-state index contributed by atoms with van der Waals surface area (Å²) in [6.07, 6.45) is 3.92. The molecule has 2 nitrogen and oxygen atoms in total.